The minimum absolute atomic E-state index is 0.632. The zero-order valence-electron chi connectivity index (χ0n) is 10.9. The third-order valence-corrected chi connectivity index (χ3v) is 4.18. The maximum absolute atomic E-state index is 9.35. The Morgan fingerprint density at radius 1 is 0.889 bits per heavy atom. The van der Waals surface area contributed by atoms with Crippen LogP contribution in [-0.2, 0) is 0 Å². The fourth-order valence-electron chi connectivity index (χ4n) is 2.91. The summed E-state index contributed by atoms with van der Waals surface area (Å²) in [7, 11) is 0. The van der Waals surface area contributed by atoms with Crippen molar-refractivity contribution in [1.29, 1.82) is 5.26 Å². The molecule has 96 valence electrons. The fraction of sp³-hybridized carbons (Fsp3) is 0.857. The zero-order valence-corrected chi connectivity index (χ0v) is 10.9. The molecule has 0 amide bonds. The maximum Gasteiger partial charge on any atom is 0.340 e. The van der Waals surface area contributed by atoms with Gasteiger partial charge in [-0.1, -0.05) is 12.8 Å². The Labute approximate surface area is 109 Å². The summed E-state index contributed by atoms with van der Waals surface area (Å²) in [6.45, 7) is 7.37. The van der Waals surface area contributed by atoms with E-state index in [-0.39, 0.29) is 0 Å². The van der Waals surface area contributed by atoms with E-state index in [1.54, 1.807) is 0 Å². The summed E-state index contributed by atoms with van der Waals surface area (Å²) >= 11 is 0. The molecule has 0 aromatic carbocycles. The summed E-state index contributed by atoms with van der Waals surface area (Å²) < 4.78 is 0. The van der Waals surface area contributed by atoms with Crippen LogP contribution in [0.5, 0.6) is 0 Å². The molecule has 0 N–H and O–H groups in total. The average molecular weight is 244 g/mol. The van der Waals surface area contributed by atoms with Gasteiger partial charge in [-0.3, -0.25) is 4.85 Å². The predicted octanol–water partition coefficient (Wildman–Crippen LogP) is 4.24. The van der Waals surface area contributed by atoms with Crippen molar-refractivity contribution in [1.82, 2.24) is 0 Å². The van der Waals surface area contributed by atoms with Crippen molar-refractivity contribution < 1.29 is 0 Å². The second-order valence-corrected chi connectivity index (χ2v) is 5.56. The van der Waals surface area contributed by atoms with E-state index < -0.39 is 11.2 Å². The molecule has 0 aromatic heterocycles. The van der Waals surface area contributed by atoms with Crippen molar-refractivity contribution in [3.8, 4) is 6.07 Å². The Bertz CT molecular complexity index is 349. The first-order valence-corrected chi connectivity index (χ1v) is 6.98. The summed E-state index contributed by atoms with van der Waals surface area (Å²) in [6, 6.07) is 2.34. The van der Waals surface area contributed by atoms with Gasteiger partial charge in [0.2, 0.25) is 0 Å². The highest BCUT2D eigenvalue weighted by molar-refractivity contribution is 5.09. The van der Waals surface area contributed by atoms with Gasteiger partial charge in [0.15, 0.2) is 5.54 Å². The van der Waals surface area contributed by atoms with Gasteiger partial charge in [0.05, 0.1) is 6.07 Å². The van der Waals surface area contributed by atoms with Gasteiger partial charge in [-0.15, -0.1) is 5.11 Å². The first kappa shape index (κ1) is 13.0. The van der Waals surface area contributed by atoms with E-state index >= 15 is 0 Å². The summed E-state index contributed by atoms with van der Waals surface area (Å²) in [6.07, 6.45) is 9.82. The second-order valence-electron chi connectivity index (χ2n) is 5.56. The topological polar surface area (TPSA) is 52.9 Å². The van der Waals surface area contributed by atoms with Crippen LogP contribution in [0.2, 0.25) is 0 Å². The fourth-order valence-corrected chi connectivity index (χ4v) is 2.91. The minimum Gasteiger partial charge on any atom is -0.283 e. The monoisotopic (exact) mass is 244 g/mol. The number of hydrogen-bond donors (Lipinski definition) is 0. The van der Waals surface area contributed by atoms with Crippen LogP contribution < -0.4 is 0 Å². The molecule has 2 rings (SSSR count). The first-order chi connectivity index (χ1) is 8.74. The van der Waals surface area contributed by atoms with E-state index in [0.29, 0.717) is 0 Å². The quantitative estimate of drug-likeness (QED) is 0.529. The van der Waals surface area contributed by atoms with Crippen molar-refractivity contribution in [2.45, 2.75) is 75.4 Å². The van der Waals surface area contributed by atoms with Crippen LogP contribution in [0.3, 0.4) is 0 Å². The number of hydrogen-bond acceptors (Lipinski definition) is 3. The Kier molecular flexibility index (Phi) is 3.97. The minimum atomic E-state index is -0.653. The molecule has 0 saturated heterocycles. The highest BCUT2D eigenvalue weighted by Gasteiger charge is 2.40. The van der Waals surface area contributed by atoms with Gasteiger partial charge in [0.1, 0.15) is 0 Å². The van der Waals surface area contributed by atoms with Crippen LogP contribution in [0.4, 0.5) is 0 Å². The molecule has 0 spiro atoms. The van der Waals surface area contributed by atoms with Gasteiger partial charge >= 0.3 is 5.66 Å². The lowest BCUT2D eigenvalue weighted by molar-refractivity contribution is 0.304. The van der Waals surface area contributed by atoms with Crippen molar-refractivity contribution in [2.24, 2.45) is 10.2 Å². The van der Waals surface area contributed by atoms with Gasteiger partial charge in [-0.25, -0.2) is 6.57 Å². The lowest BCUT2D eigenvalue weighted by Crippen LogP contribution is -2.30. The van der Waals surface area contributed by atoms with E-state index in [2.05, 4.69) is 21.1 Å². The van der Waals surface area contributed by atoms with Crippen LogP contribution in [0.25, 0.3) is 4.85 Å². The predicted molar refractivity (Wildman–Crippen MR) is 68.7 cm³/mol. The SMILES string of the molecule is [C-]#[N+]C1(/N=N\C2(C#N)CCCCC2)CCCCC1. The van der Waals surface area contributed by atoms with E-state index in [1.165, 1.54) is 12.8 Å². The molecule has 2 aliphatic carbocycles. The molecule has 2 fully saturated rings. The molecule has 2 saturated carbocycles. The van der Waals surface area contributed by atoms with Gasteiger partial charge < -0.3 is 0 Å². The Hall–Kier alpha value is -1.42. The standard InChI is InChI=1S/C14H20N4/c1-16-14(10-6-3-7-11-14)18-17-13(12-15)8-4-2-5-9-13/h2-11H2/b18-17-. The Balaban J connectivity index is 2.12. The molecule has 0 aromatic rings. The van der Waals surface area contributed by atoms with Crippen LogP contribution in [0.15, 0.2) is 10.2 Å². The van der Waals surface area contributed by atoms with Gasteiger partial charge in [0, 0.05) is 12.8 Å². The van der Waals surface area contributed by atoms with Crippen molar-refractivity contribution in [3.05, 3.63) is 11.4 Å². The maximum atomic E-state index is 9.35. The molecular formula is C14H20N4. The smallest absolute Gasteiger partial charge is 0.283 e. The molecule has 0 bridgehead atoms. The summed E-state index contributed by atoms with van der Waals surface area (Å²) in [5.41, 5.74) is -1.28. The van der Waals surface area contributed by atoms with E-state index in [1.807, 2.05) is 0 Å². The van der Waals surface area contributed by atoms with Crippen molar-refractivity contribution in [3.63, 3.8) is 0 Å². The van der Waals surface area contributed by atoms with Crippen LogP contribution in [0, 0.1) is 17.9 Å². The lowest BCUT2D eigenvalue weighted by Gasteiger charge is -2.27. The largest absolute Gasteiger partial charge is 0.340 e. The molecule has 4 heteroatoms. The average Bonchev–Trinajstić information content (AvgIpc) is 2.47. The second kappa shape index (κ2) is 5.48. The third-order valence-electron chi connectivity index (χ3n) is 4.18. The number of nitrogens with zero attached hydrogens (tertiary/aromatic N) is 4. The molecule has 0 aliphatic heterocycles. The lowest BCUT2D eigenvalue weighted by atomic mass is 9.84. The van der Waals surface area contributed by atoms with Crippen molar-refractivity contribution >= 4 is 0 Å². The molecule has 18 heavy (non-hydrogen) atoms. The Morgan fingerprint density at radius 2 is 1.44 bits per heavy atom. The zero-order chi connectivity index (χ0) is 12.9. The highest BCUT2D eigenvalue weighted by Crippen LogP contribution is 2.37. The molecule has 4 nitrogen and oxygen atoms in total. The summed E-state index contributed by atoms with van der Waals surface area (Å²) in [5.74, 6) is 0. The number of azo groups is 1. The molecule has 0 radical (unpaired) electrons. The van der Waals surface area contributed by atoms with Gasteiger partial charge in [0.25, 0.3) is 0 Å². The van der Waals surface area contributed by atoms with E-state index in [0.717, 1.165) is 51.4 Å². The number of rotatable bonds is 2. The molecule has 0 heterocycles. The van der Waals surface area contributed by atoms with E-state index in [4.69, 9.17) is 6.57 Å². The summed E-state index contributed by atoms with van der Waals surface area (Å²) in [4.78, 5) is 3.71. The van der Waals surface area contributed by atoms with E-state index in [9.17, 15) is 5.26 Å². The van der Waals surface area contributed by atoms with Crippen LogP contribution >= 0.6 is 0 Å². The number of nitriles is 1. The normalized spacial score (nSPS) is 26.3. The highest BCUT2D eigenvalue weighted by atomic mass is 15.3. The Morgan fingerprint density at radius 3 is 1.94 bits per heavy atom. The molecule has 0 atom stereocenters. The molecule has 0 unspecified atom stereocenters. The molecule has 2 aliphatic rings. The first-order valence-electron chi connectivity index (χ1n) is 6.98. The van der Waals surface area contributed by atoms with Crippen LogP contribution in [-0.4, -0.2) is 11.2 Å². The van der Waals surface area contributed by atoms with Crippen molar-refractivity contribution in [2.75, 3.05) is 0 Å². The van der Waals surface area contributed by atoms with Crippen LogP contribution in [0.1, 0.15) is 64.2 Å². The summed E-state index contributed by atoms with van der Waals surface area (Å²) in [5, 5.41) is 18.0. The van der Waals surface area contributed by atoms with Gasteiger partial charge in [-0.05, 0) is 38.5 Å². The molecular weight excluding hydrogens is 224 g/mol. The van der Waals surface area contributed by atoms with Gasteiger partial charge in [-0.2, -0.15) is 10.4 Å². The third kappa shape index (κ3) is 2.70.